The lowest BCUT2D eigenvalue weighted by Crippen LogP contribution is -2.39. The summed E-state index contributed by atoms with van der Waals surface area (Å²) in [7, 11) is 0. The molecule has 27 heavy (non-hydrogen) atoms. The molecule has 2 aromatic rings. The largest absolute Gasteiger partial charge is 0.367 e. The molecule has 1 amide bonds. The highest BCUT2D eigenvalue weighted by atomic mass is 16.5. The standard InChI is InChI=1S/C21H26N4O2/c1-16-22-19-9-12-25(13-18(19)21(23-16)24-10-5-6-11-24)20(26)15-27-14-17-7-3-2-4-8-17/h2-4,7-8H,5-6,9-15H2,1H3. The van der Waals surface area contributed by atoms with Crippen LogP contribution in [0.1, 0.15) is 35.5 Å². The maximum Gasteiger partial charge on any atom is 0.248 e. The number of fused-ring (bicyclic) bond motifs is 1. The van der Waals surface area contributed by atoms with Crippen molar-refractivity contribution in [3.05, 3.63) is 53.0 Å². The summed E-state index contributed by atoms with van der Waals surface area (Å²) >= 11 is 0. The van der Waals surface area contributed by atoms with E-state index < -0.39 is 0 Å². The van der Waals surface area contributed by atoms with Gasteiger partial charge in [-0.1, -0.05) is 30.3 Å². The van der Waals surface area contributed by atoms with E-state index in [1.165, 1.54) is 12.8 Å². The van der Waals surface area contributed by atoms with Gasteiger partial charge in [0.25, 0.3) is 0 Å². The third kappa shape index (κ3) is 4.11. The van der Waals surface area contributed by atoms with Crippen LogP contribution in [0.2, 0.25) is 0 Å². The topological polar surface area (TPSA) is 58.6 Å². The quantitative estimate of drug-likeness (QED) is 0.814. The maximum absolute atomic E-state index is 12.6. The van der Waals surface area contributed by atoms with Crippen LogP contribution in [0.5, 0.6) is 0 Å². The summed E-state index contributed by atoms with van der Waals surface area (Å²) in [4.78, 5) is 26.2. The average molecular weight is 366 g/mol. The summed E-state index contributed by atoms with van der Waals surface area (Å²) in [6.45, 7) is 5.86. The molecule has 0 unspecified atom stereocenters. The molecule has 0 atom stereocenters. The molecule has 2 aliphatic rings. The first kappa shape index (κ1) is 17.9. The minimum Gasteiger partial charge on any atom is -0.367 e. The molecule has 0 spiro atoms. The van der Waals surface area contributed by atoms with Crippen molar-refractivity contribution >= 4 is 11.7 Å². The molecule has 142 valence electrons. The Morgan fingerprint density at radius 1 is 1.11 bits per heavy atom. The van der Waals surface area contributed by atoms with Gasteiger partial charge in [-0.3, -0.25) is 4.79 Å². The number of carbonyl (C=O) groups is 1. The Bertz CT molecular complexity index is 803. The average Bonchev–Trinajstić information content (AvgIpc) is 3.22. The SMILES string of the molecule is Cc1nc2c(c(N3CCCC3)n1)CN(C(=O)COCc1ccccc1)CC2. The summed E-state index contributed by atoms with van der Waals surface area (Å²) < 4.78 is 5.64. The van der Waals surface area contributed by atoms with Gasteiger partial charge in [-0.2, -0.15) is 0 Å². The first-order valence-electron chi connectivity index (χ1n) is 9.71. The normalized spacial score (nSPS) is 16.5. The van der Waals surface area contributed by atoms with Crippen molar-refractivity contribution in [2.75, 3.05) is 31.1 Å². The molecule has 4 rings (SSSR count). The second-order valence-corrected chi connectivity index (χ2v) is 7.26. The summed E-state index contributed by atoms with van der Waals surface area (Å²) in [6.07, 6.45) is 3.19. The van der Waals surface area contributed by atoms with Gasteiger partial charge in [0, 0.05) is 31.6 Å². The number of carbonyl (C=O) groups excluding carboxylic acids is 1. The summed E-state index contributed by atoms with van der Waals surface area (Å²) in [5.41, 5.74) is 3.29. The van der Waals surface area contributed by atoms with Crippen molar-refractivity contribution in [1.82, 2.24) is 14.9 Å². The van der Waals surface area contributed by atoms with Gasteiger partial charge in [0.15, 0.2) is 0 Å². The molecule has 0 N–H and O–H groups in total. The highest BCUT2D eigenvalue weighted by molar-refractivity contribution is 5.78. The number of nitrogens with zero attached hydrogens (tertiary/aromatic N) is 4. The molecule has 3 heterocycles. The summed E-state index contributed by atoms with van der Waals surface area (Å²) in [5.74, 6) is 1.88. The molecule has 0 bridgehead atoms. The third-order valence-electron chi connectivity index (χ3n) is 5.25. The van der Waals surface area contributed by atoms with E-state index in [1.807, 2.05) is 42.2 Å². The predicted octanol–water partition coefficient (Wildman–Crippen LogP) is 2.49. The first-order valence-corrected chi connectivity index (χ1v) is 9.71. The van der Waals surface area contributed by atoms with Crippen LogP contribution >= 0.6 is 0 Å². The zero-order valence-corrected chi connectivity index (χ0v) is 15.9. The molecule has 2 aliphatic heterocycles. The number of rotatable bonds is 5. The Kier molecular flexibility index (Phi) is 5.34. The highest BCUT2D eigenvalue weighted by Gasteiger charge is 2.28. The lowest BCUT2D eigenvalue weighted by molar-refractivity contribution is -0.137. The summed E-state index contributed by atoms with van der Waals surface area (Å²) in [6, 6.07) is 9.93. The Morgan fingerprint density at radius 3 is 2.67 bits per heavy atom. The van der Waals surface area contributed by atoms with Crippen LogP contribution in [0, 0.1) is 6.92 Å². The fourth-order valence-electron chi connectivity index (χ4n) is 3.84. The van der Waals surface area contributed by atoms with Gasteiger partial charge in [-0.15, -0.1) is 0 Å². The van der Waals surface area contributed by atoms with Gasteiger partial charge in [-0.25, -0.2) is 9.97 Å². The minimum atomic E-state index is 0.0320. The fourth-order valence-corrected chi connectivity index (χ4v) is 3.84. The Labute approximate surface area is 160 Å². The van der Waals surface area contributed by atoms with E-state index in [-0.39, 0.29) is 12.5 Å². The predicted molar refractivity (Wildman–Crippen MR) is 103 cm³/mol. The van der Waals surface area contributed by atoms with Crippen molar-refractivity contribution in [1.29, 1.82) is 0 Å². The number of anilines is 1. The molecule has 1 saturated heterocycles. The zero-order valence-electron chi connectivity index (χ0n) is 15.9. The van der Waals surface area contributed by atoms with Gasteiger partial charge in [-0.05, 0) is 25.3 Å². The van der Waals surface area contributed by atoms with Crippen LogP contribution in [-0.2, 0) is 29.1 Å². The van der Waals surface area contributed by atoms with Crippen LogP contribution in [0.4, 0.5) is 5.82 Å². The van der Waals surface area contributed by atoms with Gasteiger partial charge < -0.3 is 14.5 Å². The summed E-state index contributed by atoms with van der Waals surface area (Å²) in [5, 5.41) is 0. The van der Waals surface area contributed by atoms with E-state index in [0.717, 1.165) is 48.0 Å². The fraction of sp³-hybridized carbons (Fsp3) is 0.476. The van der Waals surface area contributed by atoms with Crippen molar-refractivity contribution in [2.24, 2.45) is 0 Å². The van der Waals surface area contributed by atoms with Crippen LogP contribution in [0.25, 0.3) is 0 Å². The van der Waals surface area contributed by atoms with E-state index in [2.05, 4.69) is 9.88 Å². The number of aryl methyl sites for hydroxylation is 1. The molecule has 0 radical (unpaired) electrons. The zero-order chi connectivity index (χ0) is 18.6. The molecule has 0 aliphatic carbocycles. The Balaban J connectivity index is 1.42. The smallest absolute Gasteiger partial charge is 0.248 e. The molecular formula is C21H26N4O2. The van der Waals surface area contributed by atoms with Crippen molar-refractivity contribution in [3.8, 4) is 0 Å². The van der Waals surface area contributed by atoms with Crippen LogP contribution < -0.4 is 4.90 Å². The van der Waals surface area contributed by atoms with Gasteiger partial charge in [0.2, 0.25) is 5.91 Å². The van der Waals surface area contributed by atoms with E-state index >= 15 is 0 Å². The van der Waals surface area contributed by atoms with Crippen molar-refractivity contribution in [3.63, 3.8) is 0 Å². The number of ether oxygens (including phenoxy) is 1. The van der Waals surface area contributed by atoms with Crippen molar-refractivity contribution in [2.45, 2.75) is 39.3 Å². The molecule has 1 aromatic carbocycles. The van der Waals surface area contributed by atoms with E-state index in [0.29, 0.717) is 19.7 Å². The van der Waals surface area contributed by atoms with E-state index in [4.69, 9.17) is 9.72 Å². The lowest BCUT2D eigenvalue weighted by atomic mass is 10.1. The highest BCUT2D eigenvalue weighted by Crippen LogP contribution is 2.29. The van der Waals surface area contributed by atoms with Gasteiger partial charge in [0.1, 0.15) is 18.2 Å². The second kappa shape index (κ2) is 8.05. The van der Waals surface area contributed by atoms with E-state index in [9.17, 15) is 4.79 Å². The Hall–Kier alpha value is -2.47. The minimum absolute atomic E-state index is 0.0320. The van der Waals surface area contributed by atoms with Crippen LogP contribution in [0.3, 0.4) is 0 Å². The molecule has 1 aromatic heterocycles. The van der Waals surface area contributed by atoms with E-state index in [1.54, 1.807) is 0 Å². The number of aromatic nitrogens is 2. The lowest BCUT2D eigenvalue weighted by Gasteiger charge is -2.31. The van der Waals surface area contributed by atoms with Gasteiger partial charge in [0.05, 0.1) is 18.8 Å². The molecular weight excluding hydrogens is 340 g/mol. The number of hydrogen-bond donors (Lipinski definition) is 0. The van der Waals surface area contributed by atoms with Gasteiger partial charge >= 0.3 is 0 Å². The molecule has 0 saturated carbocycles. The maximum atomic E-state index is 12.6. The molecule has 1 fully saturated rings. The molecule has 6 heteroatoms. The number of hydrogen-bond acceptors (Lipinski definition) is 5. The molecule has 6 nitrogen and oxygen atoms in total. The monoisotopic (exact) mass is 366 g/mol. The van der Waals surface area contributed by atoms with Crippen LogP contribution in [0.15, 0.2) is 30.3 Å². The number of amides is 1. The number of benzene rings is 1. The van der Waals surface area contributed by atoms with Crippen LogP contribution in [-0.4, -0.2) is 47.0 Å². The first-order chi connectivity index (χ1) is 13.2. The third-order valence-corrected chi connectivity index (χ3v) is 5.25. The Morgan fingerprint density at radius 2 is 1.89 bits per heavy atom. The second-order valence-electron chi connectivity index (χ2n) is 7.26. The van der Waals surface area contributed by atoms with Crippen molar-refractivity contribution < 1.29 is 9.53 Å².